The molecule has 0 atom stereocenters. The van der Waals surface area contributed by atoms with E-state index in [1.165, 1.54) is 6.07 Å². The van der Waals surface area contributed by atoms with E-state index < -0.39 is 0 Å². The van der Waals surface area contributed by atoms with Gasteiger partial charge in [-0.2, -0.15) is 0 Å². The lowest BCUT2D eigenvalue weighted by Crippen LogP contribution is -2.33. The minimum atomic E-state index is -0.169. The van der Waals surface area contributed by atoms with E-state index in [1.54, 1.807) is 0 Å². The Labute approximate surface area is 99.1 Å². The third-order valence-electron chi connectivity index (χ3n) is 2.29. The summed E-state index contributed by atoms with van der Waals surface area (Å²) in [5.41, 5.74) is 0.400. The summed E-state index contributed by atoms with van der Waals surface area (Å²) < 4.78 is 0. The number of hydrogen-bond acceptors (Lipinski definition) is 1. The van der Waals surface area contributed by atoms with Crippen LogP contribution < -0.4 is 5.32 Å². The quantitative estimate of drug-likeness (QED) is 0.845. The van der Waals surface area contributed by atoms with Crippen LogP contribution in [0.4, 0.5) is 0 Å². The molecule has 15 heavy (non-hydrogen) atoms. The van der Waals surface area contributed by atoms with Crippen molar-refractivity contribution in [1.29, 1.82) is 0 Å². The van der Waals surface area contributed by atoms with Crippen LogP contribution in [-0.4, -0.2) is 16.9 Å². The van der Waals surface area contributed by atoms with E-state index in [1.807, 2.05) is 13.8 Å². The molecule has 1 rings (SSSR count). The number of amides is 1. The van der Waals surface area contributed by atoms with Crippen molar-refractivity contribution in [1.82, 2.24) is 10.3 Å². The summed E-state index contributed by atoms with van der Waals surface area (Å²) in [4.78, 5) is 14.4. The van der Waals surface area contributed by atoms with Gasteiger partial charge in [0.25, 0.3) is 5.91 Å². The highest BCUT2D eigenvalue weighted by atomic mass is 35.5. The van der Waals surface area contributed by atoms with E-state index in [-0.39, 0.29) is 11.9 Å². The summed E-state index contributed by atoms with van der Waals surface area (Å²) in [5, 5.41) is 3.55. The van der Waals surface area contributed by atoms with E-state index in [2.05, 4.69) is 10.3 Å². The fourth-order valence-corrected chi connectivity index (χ4v) is 1.60. The van der Waals surface area contributed by atoms with Crippen LogP contribution in [0.15, 0.2) is 6.07 Å². The Balaban J connectivity index is 2.68. The summed E-state index contributed by atoms with van der Waals surface area (Å²) in [6.45, 7) is 4.06. The molecule has 0 aliphatic carbocycles. The van der Waals surface area contributed by atoms with E-state index in [0.717, 1.165) is 12.8 Å². The monoisotopic (exact) mass is 248 g/mol. The van der Waals surface area contributed by atoms with Gasteiger partial charge in [0, 0.05) is 6.04 Å². The molecular weight excluding hydrogens is 235 g/mol. The highest BCUT2D eigenvalue weighted by molar-refractivity contribution is 6.41. The molecule has 0 spiro atoms. The lowest BCUT2D eigenvalue weighted by Gasteiger charge is -2.13. The van der Waals surface area contributed by atoms with Gasteiger partial charge in [0.1, 0.15) is 10.8 Å². The molecule has 0 saturated heterocycles. The lowest BCUT2D eigenvalue weighted by molar-refractivity contribution is 0.0930. The van der Waals surface area contributed by atoms with Crippen molar-refractivity contribution in [2.75, 3.05) is 0 Å². The van der Waals surface area contributed by atoms with Gasteiger partial charge in [-0.05, 0) is 18.9 Å². The highest BCUT2D eigenvalue weighted by Gasteiger charge is 2.14. The lowest BCUT2D eigenvalue weighted by atomic mass is 10.1. The zero-order chi connectivity index (χ0) is 11.4. The number of nitrogens with one attached hydrogen (secondary N) is 2. The van der Waals surface area contributed by atoms with Gasteiger partial charge in [-0.3, -0.25) is 4.79 Å². The van der Waals surface area contributed by atoms with Gasteiger partial charge >= 0.3 is 0 Å². The van der Waals surface area contributed by atoms with E-state index in [4.69, 9.17) is 23.2 Å². The molecule has 1 aromatic heterocycles. The first kappa shape index (κ1) is 12.4. The first-order valence-electron chi connectivity index (χ1n) is 4.93. The first-order chi connectivity index (χ1) is 7.08. The van der Waals surface area contributed by atoms with E-state index >= 15 is 0 Å². The number of aromatic nitrogens is 1. The van der Waals surface area contributed by atoms with Gasteiger partial charge in [0.05, 0.1) is 5.02 Å². The Hall–Kier alpha value is -0.670. The van der Waals surface area contributed by atoms with Crippen molar-refractivity contribution in [3.63, 3.8) is 0 Å². The smallest absolute Gasteiger partial charge is 0.268 e. The standard InChI is InChI=1S/C10H14Cl2N2O/c1-3-6(4-2)13-10(15)8-5-7(11)9(12)14-8/h5-6,14H,3-4H2,1-2H3,(H,13,15). The van der Waals surface area contributed by atoms with Crippen LogP contribution in [0.1, 0.15) is 37.2 Å². The van der Waals surface area contributed by atoms with Gasteiger partial charge in [-0.1, -0.05) is 37.0 Å². The predicted octanol–water partition coefficient (Wildman–Crippen LogP) is 3.24. The van der Waals surface area contributed by atoms with Crippen LogP contribution >= 0.6 is 23.2 Å². The molecule has 0 aliphatic rings. The SMILES string of the molecule is CCC(CC)NC(=O)c1cc(Cl)c(Cl)[nH]1. The van der Waals surface area contributed by atoms with Crippen molar-refractivity contribution in [2.24, 2.45) is 0 Å². The number of halogens is 2. The van der Waals surface area contributed by atoms with Crippen molar-refractivity contribution in [2.45, 2.75) is 32.7 Å². The van der Waals surface area contributed by atoms with Gasteiger partial charge in [-0.25, -0.2) is 0 Å². The van der Waals surface area contributed by atoms with Crippen LogP contribution in [0.5, 0.6) is 0 Å². The Kier molecular flexibility index (Phi) is 4.48. The van der Waals surface area contributed by atoms with Crippen molar-refractivity contribution < 1.29 is 4.79 Å². The second-order valence-electron chi connectivity index (χ2n) is 3.33. The summed E-state index contributed by atoms with van der Waals surface area (Å²) in [6, 6.07) is 1.72. The Morgan fingerprint density at radius 3 is 2.47 bits per heavy atom. The molecular formula is C10H14Cl2N2O. The largest absolute Gasteiger partial charge is 0.348 e. The molecule has 2 N–H and O–H groups in total. The van der Waals surface area contributed by atoms with Gasteiger partial charge < -0.3 is 10.3 Å². The molecule has 0 bridgehead atoms. The number of carbonyl (C=O) groups is 1. The summed E-state index contributed by atoms with van der Waals surface area (Å²) in [6.07, 6.45) is 1.81. The van der Waals surface area contributed by atoms with Crippen molar-refractivity contribution in [3.8, 4) is 0 Å². The molecule has 1 amide bonds. The highest BCUT2D eigenvalue weighted by Crippen LogP contribution is 2.21. The van der Waals surface area contributed by atoms with Crippen LogP contribution in [0.25, 0.3) is 0 Å². The molecule has 0 unspecified atom stereocenters. The van der Waals surface area contributed by atoms with Gasteiger partial charge in [-0.15, -0.1) is 0 Å². The molecule has 3 nitrogen and oxygen atoms in total. The molecule has 84 valence electrons. The summed E-state index contributed by atoms with van der Waals surface area (Å²) >= 11 is 11.4. The molecule has 1 heterocycles. The molecule has 5 heteroatoms. The third kappa shape index (κ3) is 3.14. The number of H-pyrrole nitrogens is 1. The van der Waals surface area contributed by atoms with Crippen LogP contribution in [0.2, 0.25) is 10.2 Å². The minimum Gasteiger partial charge on any atom is -0.348 e. The van der Waals surface area contributed by atoms with Crippen LogP contribution in [-0.2, 0) is 0 Å². The van der Waals surface area contributed by atoms with E-state index in [9.17, 15) is 4.79 Å². The third-order valence-corrected chi connectivity index (χ3v) is 2.98. The normalized spacial score (nSPS) is 10.7. The van der Waals surface area contributed by atoms with Crippen LogP contribution in [0, 0.1) is 0 Å². The number of rotatable bonds is 4. The van der Waals surface area contributed by atoms with E-state index in [0.29, 0.717) is 15.9 Å². The summed E-state index contributed by atoms with van der Waals surface area (Å²) in [5.74, 6) is -0.169. The maximum absolute atomic E-state index is 11.7. The van der Waals surface area contributed by atoms with Crippen molar-refractivity contribution >= 4 is 29.1 Å². The van der Waals surface area contributed by atoms with Crippen molar-refractivity contribution in [3.05, 3.63) is 21.9 Å². The molecule has 0 saturated carbocycles. The Bertz CT molecular complexity index is 326. The maximum Gasteiger partial charge on any atom is 0.268 e. The Morgan fingerprint density at radius 2 is 2.07 bits per heavy atom. The first-order valence-corrected chi connectivity index (χ1v) is 5.68. The zero-order valence-electron chi connectivity index (χ0n) is 8.73. The molecule has 0 aromatic carbocycles. The van der Waals surface area contributed by atoms with Gasteiger partial charge in [0.2, 0.25) is 0 Å². The molecule has 0 radical (unpaired) electrons. The second kappa shape index (κ2) is 5.42. The molecule has 0 aliphatic heterocycles. The fourth-order valence-electron chi connectivity index (χ4n) is 1.28. The topological polar surface area (TPSA) is 44.9 Å². The minimum absolute atomic E-state index is 0.169. The van der Waals surface area contributed by atoms with Crippen LogP contribution in [0.3, 0.4) is 0 Å². The zero-order valence-corrected chi connectivity index (χ0v) is 10.2. The fraction of sp³-hybridized carbons (Fsp3) is 0.500. The number of hydrogen-bond donors (Lipinski definition) is 2. The number of carbonyl (C=O) groups excluding carboxylic acids is 1. The second-order valence-corrected chi connectivity index (χ2v) is 4.12. The predicted molar refractivity (Wildman–Crippen MR) is 62.6 cm³/mol. The van der Waals surface area contributed by atoms with Gasteiger partial charge in [0.15, 0.2) is 0 Å². The Morgan fingerprint density at radius 1 is 1.47 bits per heavy atom. The molecule has 1 aromatic rings. The average molecular weight is 249 g/mol. The average Bonchev–Trinajstić information content (AvgIpc) is 2.55. The summed E-state index contributed by atoms with van der Waals surface area (Å²) in [7, 11) is 0. The number of aromatic amines is 1. The maximum atomic E-state index is 11.7. The molecule has 0 fully saturated rings.